The summed E-state index contributed by atoms with van der Waals surface area (Å²) in [6.07, 6.45) is 0. The SMILES string of the molecule is C=C1c2ccccc2C(=O)N1[C@@H](C)C(=O)NC[C@@H](c1cccc(F)c1)N(C)C. The number of hydrogen-bond acceptors (Lipinski definition) is 3. The van der Waals surface area contributed by atoms with Crippen molar-refractivity contribution < 1.29 is 14.0 Å². The van der Waals surface area contributed by atoms with E-state index in [2.05, 4.69) is 11.9 Å². The van der Waals surface area contributed by atoms with Gasteiger partial charge in [-0.05, 0) is 44.8 Å². The van der Waals surface area contributed by atoms with E-state index >= 15 is 0 Å². The number of fused-ring (bicyclic) bond motifs is 1. The monoisotopic (exact) mass is 381 g/mol. The third-order valence-electron chi connectivity index (χ3n) is 5.07. The predicted octanol–water partition coefficient (Wildman–Crippen LogP) is 3.06. The number of halogens is 1. The van der Waals surface area contributed by atoms with Crippen LogP contribution in [-0.2, 0) is 4.79 Å². The highest BCUT2D eigenvalue weighted by Crippen LogP contribution is 2.32. The molecule has 2 amide bonds. The summed E-state index contributed by atoms with van der Waals surface area (Å²) in [5.74, 6) is -0.830. The largest absolute Gasteiger partial charge is 0.352 e. The van der Waals surface area contributed by atoms with Gasteiger partial charge in [-0.15, -0.1) is 0 Å². The Bertz CT molecular complexity index is 891. The van der Waals surface area contributed by atoms with Gasteiger partial charge in [0.05, 0.1) is 6.04 Å². The lowest BCUT2D eigenvalue weighted by atomic mass is 10.1. The smallest absolute Gasteiger partial charge is 0.259 e. The highest BCUT2D eigenvalue weighted by molar-refractivity contribution is 6.10. The van der Waals surface area contributed by atoms with Crippen molar-refractivity contribution >= 4 is 17.5 Å². The van der Waals surface area contributed by atoms with Crippen molar-refractivity contribution in [2.24, 2.45) is 0 Å². The second-order valence-electron chi connectivity index (χ2n) is 7.12. The molecule has 146 valence electrons. The van der Waals surface area contributed by atoms with Crippen LogP contribution in [0.2, 0.25) is 0 Å². The van der Waals surface area contributed by atoms with Crippen LogP contribution in [0.1, 0.15) is 34.5 Å². The van der Waals surface area contributed by atoms with Crippen LogP contribution in [0.3, 0.4) is 0 Å². The Kier molecular flexibility index (Phi) is 5.61. The fraction of sp³-hybridized carbons (Fsp3) is 0.273. The summed E-state index contributed by atoms with van der Waals surface area (Å²) in [6, 6.07) is 12.6. The van der Waals surface area contributed by atoms with Gasteiger partial charge in [-0.3, -0.25) is 14.5 Å². The van der Waals surface area contributed by atoms with Crippen LogP contribution in [0.25, 0.3) is 5.70 Å². The molecule has 0 bridgehead atoms. The summed E-state index contributed by atoms with van der Waals surface area (Å²) in [6.45, 7) is 5.96. The predicted molar refractivity (Wildman–Crippen MR) is 107 cm³/mol. The molecule has 2 aromatic carbocycles. The molecule has 5 nitrogen and oxygen atoms in total. The van der Waals surface area contributed by atoms with Crippen molar-refractivity contribution in [3.63, 3.8) is 0 Å². The Morgan fingerprint density at radius 1 is 1.18 bits per heavy atom. The summed E-state index contributed by atoms with van der Waals surface area (Å²) < 4.78 is 13.6. The molecule has 0 aliphatic carbocycles. The number of carbonyl (C=O) groups is 2. The van der Waals surface area contributed by atoms with E-state index in [4.69, 9.17) is 0 Å². The van der Waals surface area contributed by atoms with Crippen LogP contribution in [0, 0.1) is 5.82 Å². The van der Waals surface area contributed by atoms with Crippen LogP contribution < -0.4 is 5.32 Å². The fourth-order valence-electron chi connectivity index (χ4n) is 3.49. The maximum Gasteiger partial charge on any atom is 0.259 e. The third-order valence-corrected chi connectivity index (χ3v) is 5.07. The number of nitrogens with one attached hydrogen (secondary N) is 1. The first-order chi connectivity index (χ1) is 13.3. The lowest BCUT2D eigenvalue weighted by molar-refractivity contribution is -0.124. The number of carbonyl (C=O) groups excluding carboxylic acids is 2. The molecule has 0 saturated heterocycles. The van der Waals surface area contributed by atoms with Gasteiger partial charge in [0.2, 0.25) is 5.91 Å². The van der Waals surface area contributed by atoms with Crippen molar-refractivity contribution in [1.29, 1.82) is 0 Å². The molecule has 0 spiro atoms. The van der Waals surface area contributed by atoms with Crippen LogP contribution in [0.5, 0.6) is 0 Å². The van der Waals surface area contributed by atoms with Crippen molar-refractivity contribution in [3.8, 4) is 0 Å². The molecule has 28 heavy (non-hydrogen) atoms. The van der Waals surface area contributed by atoms with Crippen molar-refractivity contribution in [2.45, 2.75) is 19.0 Å². The molecule has 0 aromatic heterocycles. The zero-order valence-corrected chi connectivity index (χ0v) is 16.3. The summed E-state index contributed by atoms with van der Waals surface area (Å²) in [5.41, 5.74) is 2.60. The van der Waals surface area contributed by atoms with E-state index in [-0.39, 0.29) is 23.7 Å². The minimum Gasteiger partial charge on any atom is -0.352 e. The fourth-order valence-corrected chi connectivity index (χ4v) is 3.49. The lowest BCUT2D eigenvalue weighted by Crippen LogP contribution is -2.46. The summed E-state index contributed by atoms with van der Waals surface area (Å²) in [4.78, 5) is 28.8. The molecular formula is C22H24FN3O2. The first-order valence-electron chi connectivity index (χ1n) is 9.12. The standard InChI is InChI=1S/C22H24FN3O2/c1-14-18-10-5-6-11-19(18)22(28)26(14)15(2)21(27)24-13-20(25(3)4)16-8-7-9-17(23)12-16/h5-12,15,20H,1,13H2,2-4H3,(H,24,27)/t15-,20-/m0/s1. The molecule has 1 aliphatic heterocycles. The van der Waals surface area contributed by atoms with Gasteiger partial charge in [0, 0.05) is 23.4 Å². The Morgan fingerprint density at radius 3 is 2.46 bits per heavy atom. The molecule has 0 saturated carbocycles. The lowest BCUT2D eigenvalue weighted by Gasteiger charge is -2.28. The summed E-state index contributed by atoms with van der Waals surface area (Å²) >= 11 is 0. The molecule has 1 N–H and O–H groups in total. The highest BCUT2D eigenvalue weighted by atomic mass is 19.1. The quantitative estimate of drug-likeness (QED) is 0.837. The van der Waals surface area contributed by atoms with Crippen LogP contribution in [0.15, 0.2) is 55.1 Å². The normalized spacial score (nSPS) is 15.5. The van der Waals surface area contributed by atoms with Gasteiger partial charge < -0.3 is 10.2 Å². The molecule has 0 radical (unpaired) electrons. The van der Waals surface area contributed by atoms with E-state index < -0.39 is 6.04 Å². The molecule has 0 fully saturated rings. The van der Waals surface area contributed by atoms with E-state index in [0.717, 1.165) is 11.1 Å². The first-order valence-corrected chi connectivity index (χ1v) is 9.12. The van der Waals surface area contributed by atoms with Gasteiger partial charge in [-0.2, -0.15) is 0 Å². The zero-order chi connectivity index (χ0) is 20.4. The van der Waals surface area contributed by atoms with Crippen LogP contribution in [-0.4, -0.2) is 48.3 Å². The first kappa shape index (κ1) is 19.8. The third kappa shape index (κ3) is 3.68. The number of hydrogen-bond donors (Lipinski definition) is 1. The number of rotatable bonds is 6. The molecule has 2 atom stereocenters. The average Bonchev–Trinajstić information content (AvgIpc) is 2.92. The number of benzene rings is 2. The summed E-state index contributed by atoms with van der Waals surface area (Å²) in [7, 11) is 3.74. The Morgan fingerprint density at radius 2 is 1.86 bits per heavy atom. The van der Waals surface area contributed by atoms with E-state index in [1.165, 1.54) is 17.0 Å². The average molecular weight is 381 g/mol. The van der Waals surface area contributed by atoms with Gasteiger partial charge in [-0.1, -0.05) is 36.9 Å². The molecule has 3 rings (SSSR count). The molecule has 1 aliphatic rings. The molecule has 0 unspecified atom stereocenters. The molecular weight excluding hydrogens is 357 g/mol. The zero-order valence-electron chi connectivity index (χ0n) is 16.3. The Hall–Kier alpha value is -2.99. The second-order valence-corrected chi connectivity index (χ2v) is 7.12. The number of nitrogens with zero attached hydrogens (tertiary/aromatic N) is 2. The maximum absolute atomic E-state index is 13.6. The maximum atomic E-state index is 13.6. The second kappa shape index (κ2) is 7.94. The minimum atomic E-state index is -0.706. The van der Waals surface area contributed by atoms with E-state index in [1.807, 2.05) is 37.2 Å². The van der Waals surface area contributed by atoms with Crippen LogP contribution >= 0.6 is 0 Å². The van der Waals surface area contributed by atoms with Crippen LogP contribution in [0.4, 0.5) is 4.39 Å². The van der Waals surface area contributed by atoms with Crippen molar-refractivity contribution in [1.82, 2.24) is 15.1 Å². The van der Waals surface area contributed by atoms with E-state index in [1.54, 1.807) is 25.1 Å². The Balaban J connectivity index is 1.71. The van der Waals surface area contributed by atoms with Gasteiger partial charge >= 0.3 is 0 Å². The number of likely N-dealkylation sites (N-methyl/N-ethyl adjacent to an activating group) is 1. The highest BCUT2D eigenvalue weighted by Gasteiger charge is 2.36. The van der Waals surface area contributed by atoms with E-state index in [9.17, 15) is 14.0 Å². The van der Waals surface area contributed by atoms with Gasteiger partial charge in [0.15, 0.2) is 0 Å². The van der Waals surface area contributed by atoms with Crippen molar-refractivity contribution in [3.05, 3.63) is 77.6 Å². The topological polar surface area (TPSA) is 52.7 Å². The molecule has 2 aromatic rings. The minimum absolute atomic E-state index is 0.193. The molecule has 1 heterocycles. The number of amides is 2. The molecule has 6 heteroatoms. The Labute approximate surface area is 164 Å². The van der Waals surface area contributed by atoms with Gasteiger partial charge in [-0.25, -0.2) is 4.39 Å². The van der Waals surface area contributed by atoms with Gasteiger partial charge in [0.1, 0.15) is 11.9 Å². The van der Waals surface area contributed by atoms with E-state index in [0.29, 0.717) is 17.8 Å². The van der Waals surface area contributed by atoms with Crippen molar-refractivity contribution in [2.75, 3.05) is 20.6 Å². The summed E-state index contributed by atoms with van der Waals surface area (Å²) in [5, 5.41) is 2.89. The van der Waals surface area contributed by atoms with Gasteiger partial charge in [0.25, 0.3) is 5.91 Å².